The Balaban J connectivity index is 2.34. The van der Waals surface area contributed by atoms with Crippen molar-refractivity contribution in [1.29, 1.82) is 0 Å². The number of alkyl halides is 4. The van der Waals surface area contributed by atoms with E-state index in [4.69, 9.17) is 4.74 Å². The molecule has 1 N–H and O–H groups in total. The molecule has 1 rings (SSSR count). The average molecular weight is 243 g/mol. The zero-order chi connectivity index (χ0) is 12.2. The standard InChI is InChI=1S/C9H13F4NO2/c10-7(11)9(12,13)8(15)14-5-6-3-1-2-4-16-6/h6-7H,1-5H2,(H,14,15). The molecule has 16 heavy (non-hydrogen) atoms. The fourth-order valence-corrected chi connectivity index (χ4v) is 1.39. The van der Waals surface area contributed by atoms with E-state index in [0.29, 0.717) is 13.0 Å². The lowest BCUT2D eigenvalue weighted by Gasteiger charge is -2.23. The summed E-state index contributed by atoms with van der Waals surface area (Å²) < 4.78 is 53.7. The van der Waals surface area contributed by atoms with Gasteiger partial charge in [0, 0.05) is 13.2 Å². The van der Waals surface area contributed by atoms with Gasteiger partial charge in [-0.3, -0.25) is 4.79 Å². The number of rotatable bonds is 4. The Bertz CT molecular complexity index is 242. The summed E-state index contributed by atoms with van der Waals surface area (Å²) in [5.41, 5.74) is 0. The zero-order valence-corrected chi connectivity index (χ0v) is 8.52. The van der Waals surface area contributed by atoms with Crippen molar-refractivity contribution in [2.75, 3.05) is 13.2 Å². The first-order valence-corrected chi connectivity index (χ1v) is 5.00. The van der Waals surface area contributed by atoms with Crippen molar-refractivity contribution >= 4 is 5.91 Å². The predicted octanol–water partition coefficient (Wildman–Crippen LogP) is 1.57. The molecule has 0 bridgehead atoms. The Morgan fingerprint density at radius 3 is 2.62 bits per heavy atom. The van der Waals surface area contributed by atoms with E-state index >= 15 is 0 Å². The van der Waals surface area contributed by atoms with Gasteiger partial charge in [-0.1, -0.05) is 0 Å². The largest absolute Gasteiger partial charge is 0.383 e. The third-order valence-corrected chi connectivity index (χ3v) is 2.34. The van der Waals surface area contributed by atoms with Crippen molar-refractivity contribution in [1.82, 2.24) is 5.32 Å². The maximum Gasteiger partial charge on any atom is 0.383 e. The van der Waals surface area contributed by atoms with Gasteiger partial charge in [-0.25, -0.2) is 8.78 Å². The quantitative estimate of drug-likeness (QED) is 0.761. The smallest absolute Gasteiger partial charge is 0.376 e. The fraction of sp³-hybridized carbons (Fsp3) is 0.889. The maximum absolute atomic E-state index is 12.5. The second kappa shape index (κ2) is 5.47. The molecule has 1 saturated heterocycles. The molecule has 3 nitrogen and oxygen atoms in total. The molecule has 0 saturated carbocycles. The minimum Gasteiger partial charge on any atom is -0.376 e. The lowest BCUT2D eigenvalue weighted by molar-refractivity contribution is -0.170. The zero-order valence-electron chi connectivity index (χ0n) is 8.52. The molecule has 1 aliphatic heterocycles. The van der Waals surface area contributed by atoms with Gasteiger partial charge >= 0.3 is 12.3 Å². The van der Waals surface area contributed by atoms with E-state index in [9.17, 15) is 22.4 Å². The lowest BCUT2D eigenvalue weighted by Crippen LogP contribution is -2.47. The maximum atomic E-state index is 12.5. The molecule has 94 valence electrons. The Labute approximate surface area is 90.1 Å². The van der Waals surface area contributed by atoms with Crippen LogP contribution in [0.1, 0.15) is 19.3 Å². The van der Waals surface area contributed by atoms with Crippen LogP contribution in [0.4, 0.5) is 17.6 Å². The predicted molar refractivity (Wildman–Crippen MR) is 47.6 cm³/mol. The Hall–Kier alpha value is -0.850. The summed E-state index contributed by atoms with van der Waals surface area (Å²) in [5.74, 6) is -6.58. The van der Waals surface area contributed by atoms with Crippen molar-refractivity contribution in [3.63, 3.8) is 0 Å². The van der Waals surface area contributed by atoms with E-state index in [-0.39, 0.29) is 12.6 Å². The summed E-state index contributed by atoms with van der Waals surface area (Å²) >= 11 is 0. The SMILES string of the molecule is O=C(NCC1CCCCO1)C(F)(F)C(F)F. The molecule has 1 amide bonds. The summed E-state index contributed by atoms with van der Waals surface area (Å²) in [5, 5.41) is 1.78. The summed E-state index contributed by atoms with van der Waals surface area (Å²) in [6.07, 6.45) is -1.94. The van der Waals surface area contributed by atoms with Crippen molar-refractivity contribution in [3.05, 3.63) is 0 Å². The van der Waals surface area contributed by atoms with E-state index in [1.807, 2.05) is 0 Å². The number of ether oxygens (including phenoxy) is 1. The van der Waals surface area contributed by atoms with E-state index in [1.165, 1.54) is 0 Å². The van der Waals surface area contributed by atoms with Gasteiger partial charge in [0.1, 0.15) is 0 Å². The highest BCUT2D eigenvalue weighted by molar-refractivity contribution is 5.83. The Morgan fingerprint density at radius 2 is 2.12 bits per heavy atom. The van der Waals surface area contributed by atoms with Crippen LogP contribution in [0.2, 0.25) is 0 Å². The van der Waals surface area contributed by atoms with Gasteiger partial charge in [0.25, 0.3) is 5.91 Å². The summed E-state index contributed by atoms with van der Waals surface area (Å²) in [6, 6.07) is 0. The second-order valence-electron chi connectivity index (χ2n) is 3.62. The van der Waals surface area contributed by atoms with Crippen molar-refractivity contribution in [2.24, 2.45) is 0 Å². The van der Waals surface area contributed by atoms with Gasteiger partial charge in [0.15, 0.2) is 0 Å². The first-order valence-electron chi connectivity index (χ1n) is 5.00. The number of halogens is 4. The van der Waals surface area contributed by atoms with Crippen molar-refractivity contribution in [3.8, 4) is 0 Å². The third-order valence-electron chi connectivity index (χ3n) is 2.34. The van der Waals surface area contributed by atoms with Crippen LogP contribution in [-0.4, -0.2) is 37.5 Å². The summed E-state index contributed by atoms with van der Waals surface area (Å²) in [6.45, 7) is 0.354. The van der Waals surface area contributed by atoms with E-state index in [0.717, 1.165) is 12.8 Å². The number of nitrogens with one attached hydrogen (secondary N) is 1. The molecule has 1 atom stereocenters. The average Bonchev–Trinajstić information content (AvgIpc) is 2.27. The molecule has 1 aliphatic rings. The van der Waals surface area contributed by atoms with E-state index in [1.54, 1.807) is 5.32 Å². The molecular formula is C9H13F4NO2. The van der Waals surface area contributed by atoms with Gasteiger partial charge in [-0.2, -0.15) is 8.78 Å². The first-order chi connectivity index (χ1) is 7.44. The highest BCUT2D eigenvalue weighted by atomic mass is 19.3. The van der Waals surface area contributed by atoms with Crippen LogP contribution in [0.3, 0.4) is 0 Å². The van der Waals surface area contributed by atoms with Gasteiger partial charge in [-0.05, 0) is 19.3 Å². The number of carbonyl (C=O) groups is 1. The van der Waals surface area contributed by atoms with Crippen LogP contribution < -0.4 is 5.32 Å². The molecule has 1 fully saturated rings. The molecule has 0 aromatic heterocycles. The van der Waals surface area contributed by atoms with Crippen LogP contribution in [0.25, 0.3) is 0 Å². The van der Waals surface area contributed by atoms with Crippen molar-refractivity contribution < 1.29 is 27.1 Å². The molecule has 0 aliphatic carbocycles. The molecule has 1 heterocycles. The monoisotopic (exact) mass is 243 g/mol. The second-order valence-corrected chi connectivity index (χ2v) is 3.62. The number of carbonyl (C=O) groups excluding carboxylic acids is 1. The highest BCUT2D eigenvalue weighted by Crippen LogP contribution is 2.22. The number of hydrogen-bond acceptors (Lipinski definition) is 2. The summed E-state index contributed by atoms with van der Waals surface area (Å²) in [4.78, 5) is 10.8. The Kier molecular flexibility index (Phi) is 4.52. The normalized spacial score (nSPS) is 22.2. The first kappa shape index (κ1) is 13.2. The minimum atomic E-state index is -4.63. The third kappa shape index (κ3) is 3.33. The molecule has 0 aromatic rings. The molecule has 1 unspecified atom stereocenters. The van der Waals surface area contributed by atoms with Crippen LogP contribution in [-0.2, 0) is 9.53 Å². The van der Waals surface area contributed by atoms with E-state index in [2.05, 4.69) is 0 Å². The van der Waals surface area contributed by atoms with Crippen LogP contribution >= 0.6 is 0 Å². The molecule has 0 spiro atoms. The van der Waals surface area contributed by atoms with Crippen LogP contribution in [0.15, 0.2) is 0 Å². The molecule has 0 radical (unpaired) electrons. The van der Waals surface area contributed by atoms with Gasteiger partial charge in [0.05, 0.1) is 6.10 Å². The van der Waals surface area contributed by atoms with Crippen LogP contribution in [0.5, 0.6) is 0 Å². The van der Waals surface area contributed by atoms with Crippen LogP contribution in [0, 0.1) is 0 Å². The lowest BCUT2D eigenvalue weighted by atomic mass is 10.1. The molecular weight excluding hydrogens is 230 g/mol. The van der Waals surface area contributed by atoms with Gasteiger partial charge in [-0.15, -0.1) is 0 Å². The number of amides is 1. The molecule has 0 aromatic carbocycles. The topological polar surface area (TPSA) is 38.3 Å². The van der Waals surface area contributed by atoms with Gasteiger partial charge < -0.3 is 10.1 Å². The van der Waals surface area contributed by atoms with E-state index < -0.39 is 18.3 Å². The highest BCUT2D eigenvalue weighted by Gasteiger charge is 2.48. The Morgan fingerprint density at radius 1 is 1.44 bits per heavy atom. The number of hydrogen-bond donors (Lipinski definition) is 1. The fourth-order valence-electron chi connectivity index (χ4n) is 1.39. The molecule has 7 heteroatoms. The summed E-state index contributed by atoms with van der Waals surface area (Å²) in [7, 11) is 0. The van der Waals surface area contributed by atoms with Crippen molar-refractivity contribution in [2.45, 2.75) is 37.7 Å². The van der Waals surface area contributed by atoms with Gasteiger partial charge in [0.2, 0.25) is 0 Å². The minimum absolute atomic E-state index is 0.152.